The van der Waals surface area contributed by atoms with E-state index in [1.54, 1.807) is 0 Å². The molecule has 0 atom stereocenters. The molecule has 0 spiro atoms. The number of hydrogen-bond donors (Lipinski definition) is 3. The van der Waals surface area contributed by atoms with Crippen LogP contribution in [0.3, 0.4) is 0 Å². The lowest BCUT2D eigenvalue weighted by atomic mass is 10.1. The van der Waals surface area contributed by atoms with Gasteiger partial charge in [-0.25, -0.2) is 0 Å². The summed E-state index contributed by atoms with van der Waals surface area (Å²) < 4.78 is 0. The van der Waals surface area contributed by atoms with Gasteiger partial charge in [-0.05, 0) is 19.3 Å². The van der Waals surface area contributed by atoms with E-state index in [1.165, 1.54) is 71.6 Å². The molecule has 3 heteroatoms. The molecule has 14 heavy (non-hydrogen) atoms. The average Bonchev–Trinajstić information content (AvgIpc) is 2.29. The van der Waals surface area contributed by atoms with Gasteiger partial charge in [-0.3, -0.25) is 0 Å². The van der Waals surface area contributed by atoms with E-state index in [2.05, 4.69) is 5.32 Å². The maximum absolute atomic E-state index is 2.46. The van der Waals surface area contributed by atoms with E-state index in [0.717, 1.165) is 0 Å². The summed E-state index contributed by atoms with van der Waals surface area (Å²) in [4.78, 5) is 3.73. The van der Waals surface area contributed by atoms with Crippen molar-refractivity contribution < 1.29 is 15.1 Å². The summed E-state index contributed by atoms with van der Waals surface area (Å²) >= 11 is 0. The van der Waals surface area contributed by atoms with Gasteiger partial charge in [0.25, 0.3) is 0 Å². The lowest BCUT2D eigenvalue weighted by Gasteiger charge is -2.27. The molecule has 0 saturated carbocycles. The third-order valence-electron chi connectivity index (χ3n) is 3.80. The van der Waals surface area contributed by atoms with Crippen molar-refractivity contribution in [1.82, 2.24) is 0 Å². The van der Waals surface area contributed by atoms with E-state index in [1.807, 2.05) is 9.80 Å². The number of nitrogens with one attached hydrogen (secondary N) is 2. The standard InChI is InChI=1S/C11H23N3/c1-2-6-13(7-3-1)10-11-14-8-4-12-5-9-14/h12H,1-11H2/p+3. The first kappa shape index (κ1) is 10.4. The van der Waals surface area contributed by atoms with Crippen molar-refractivity contribution in [2.24, 2.45) is 0 Å². The molecule has 0 unspecified atom stereocenters. The highest BCUT2D eigenvalue weighted by Gasteiger charge is 2.19. The highest BCUT2D eigenvalue weighted by Crippen LogP contribution is 1.93. The van der Waals surface area contributed by atoms with Gasteiger partial charge in [0.15, 0.2) is 0 Å². The number of rotatable bonds is 3. The Morgan fingerprint density at radius 1 is 0.714 bits per heavy atom. The molecular weight excluding hydrogens is 174 g/mol. The zero-order valence-electron chi connectivity index (χ0n) is 9.36. The Bertz CT molecular complexity index is 131. The number of likely N-dealkylation sites (tertiary alicyclic amines) is 1. The van der Waals surface area contributed by atoms with Crippen LogP contribution in [0.1, 0.15) is 19.3 Å². The van der Waals surface area contributed by atoms with E-state index >= 15 is 0 Å². The van der Waals surface area contributed by atoms with Gasteiger partial charge in [0, 0.05) is 0 Å². The fourth-order valence-electron chi connectivity index (χ4n) is 2.79. The average molecular weight is 200 g/mol. The van der Waals surface area contributed by atoms with Crippen molar-refractivity contribution in [3.8, 4) is 0 Å². The molecule has 0 aromatic heterocycles. The smallest absolute Gasteiger partial charge is 0.127 e. The van der Waals surface area contributed by atoms with Crippen molar-refractivity contribution in [2.45, 2.75) is 19.3 Å². The Morgan fingerprint density at radius 2 is 1.29 bits per heavy atom. The van der Waals surface area contributed by atoms with E-state index in [4.69, 9.17) is 0 Å². The molecule has 0 bridgehead atoms. The van der Waals surface area contributed by atoms with Gasteiger partial charge in [0.1, 0.15) is 39.3 Å². The Kier molecular flexibility index (Phi) is 4.22. The van der Waals surface area contributed by atoms with Crippen molar-refractivity contribution >= 4 is 0 Å². The summed E-state index contributed by atoms with van der Waals surface area (Å²) in [5.74, 6) is 0. The Labute approximate surface area is 87.4 Å². The second-order valence-corrected chi connectivity index (χ2v) is 4.93. The monoisotopic (exact) mass is 200 g/mol. The fraction of sp³-hybridized carbons (Fsp3) is 1.00. The molecule has 2 saturated heterocycles. The van der Waals surface area contributed by atoms with Crippen LogP contribution >= 0.6 is 0 Å². The van der Waals surface area contributed by atoms with Gasteiger partial charge in [0.05, 0.1) is 13.1 Å². The number of hydrogen-bond acceptors (Lipinski definition) is 0. The van der Waals surface area contributed by atoms with Crippen LogP contribution in [-0.4, -0.2) is 52.4 Å². The number of piperazine rings is 1. The highest BCUT2D eigenvalue weighted by molar-refractivity contribution is 4.45. The Hall–Kier alpha value is -0.120. The van der Waals surface area contributed by atoms with Crippen LogP contribution in [0.15, 0.2) is 0 Å². The van der Waals surface area contributed by atoms with Gasteiger partial charge in [-0.15, -0.1) is 0 Å². The van der Waals surface area contributed by atoms with Crippen LogP contribution in [0.5, 0.6) is 0 Å². The van der Waals surface area contributed by atoms with E-state index in [0.29, 0.717) is 0 Å². The predicted molar refractivity (Wildman–Crippen MR) is 56.6 cm³/mol. The van der Waals surface area contributed by atoms with Crippen LogP contribution in [-0.2, 0) is 0 Å². The summed E-state index contributed by atoms with van der Waals surface area (Å²) in [6, 6.07) is 0. The van der Waals surface area contributed by atoms with Crippen LogP contribution in [0.25, 0.3) is 0 Å². The Balaban J connectivity index is 1.60. The van der Waals surface area contributed by atoms with Gasteiger partial charge in [-0.1, -0.05) is 0 Å². The van der Waals surface area contributed by atoms with Crippen LogP contribution < -0.4 is 15.1 Å². The topological polar surface area (TPSA) is 25.5 Å². The van der Waals surface area contributed by atoms with E-state index in [-0.39, 0.29) is 0 Å². The SMILES string of the molecule is C1CC[NH+](CC[NH+]2CC[NH2+]CC2)CC1. The third kappa shape index (κ3) is 3.23. The fourth-order valence-corrected chi connectivity index (χ4v) is 2.79. The maximum atomic E-state index is 2.46. The molecule has 2 heterocycles. The first-order valence-electron chi connectivity index (χ1n) is 6.44. The van der Waals surface area contributed by atoms with Crippen molar-refractivity contribution in [3.63, 3.8) is 0 Å². The lowest BCUT2D eigenvalue weighted by molar-refractivity contribution is -0.981. The predicted octanol–water partition coefficient (Wildman–Crippen LogP) is -3.48. The number of quaternary nitrogens is 3. The summed E-state index contributed by atoms with van der Waals surface area (Å²) in [7, 11) is 0. The first-order chi connectivity index (χ1) is 6.95. The molecular formula is C11H26N3+3. The first-order valence-corrected chi connectivity index (χ1v) is 6.44. The minimum absolute atomic E-state index is 1.35. The minimum Gasteiger partial charge on any atom is -0.337 e. The summed E-state index contributed by atoms with van der Waals surface area (Å²) in [6.45, 7) is 11.2. The molecule has 3 nitrogen and oxygen atoms in total. The Morgan fingerprint density at radius 3 is 1.93 bits per heavy atom. The van der Waals surface area contributed by atoms with E-state index in [9.17, 15) is 0 Å². The summed E-state index contributed by atoms with van der Waals surface area (Å²) in [6.07, 6.45) is 4.42. The van der Waals surface area contributed by atoms with Crippen molar-refractivity contribution in [3.05, 3.63) is 0 Å². The molecule has 2 aliphatic heterocycles. The zero-order valence-corrected chi connectivity index (χ0v) is 9.36. The molecule has 82 valence electrons. The van der Waals surface area contributed by atoms with E-state index < -0.39 is 0 Å². The molecule has 0 radical (unpaired) electrons. The van der Waals surface area contributed by atoms with Crippen LogP contribution in [0, 0.1) is 0 Å². The third-order valence-corrected chi connectivity index (χ3v) is 3.80. The second kappa shape index (κ2) is 5.69. The lowest BCUT2D eigenvalue weighted by Crippen LogP contribution is -3.24. The second-order valence-electron chi connectivity index (χ2n) is 4.93. The molecule has 0 amide bonds. The van der Waals surface area contributed by atoms with Gasteiger partial charge < -0.3 is 15.1 Å². The summed E-state index contributed by atoms with van der Waals surface area (Å²) in [5, 5.41) is 2.46. The molecule has 2 fully saturated rings. The molecule has 2 aliphatic rings. The van der Waals surface area contributed by atoms with Gasteiger partial charge in [-0.2, -0.15) is 0 Å². The maximum Gasteiger partial charge on any atom is 0.127 e. The zero-order chi connectivity index (χ0) is 9.64. The van der Waals surface area contributed by atoms with Gasteiger partial charge in [0.2, 0.25) is 0 Å². The quantitative estimate of drug-likeness (QED) is 0.422. The van der Waals surface area contributed by atoms with Gasteiger partial charge >= 0.3 is 0 Å². The van der Waals surface area contributed by atoms with Crippen molar-refractivity contribution in [1.29, 1.82) is 0 Å². The summed E-state index contributed by atoms with van der Waals surface area (Å²) in [5.41, 5.74) is 0. The number of nitrogens with two attached hydrogens (primary N) is 1. The molecule has 0 aromatic rings. The van der Waals surface area contributed by atoms with Crippen LogP contribution in [0.4, 0.5) is 0 Å². The minimum atomic E-state index is 1.35. The molecule has 2 rings (SSSR count). The van der Waals surface area contributed by atoms with Crippen LogP contribution in [0.2, 0.25) is 0 Å². The largest absolute Gasteiger partial charge is 0.337 e. The van der Waals surface area contributed by atoms with Crippen molar-refractivity contribution in [2.75, 3.05) is 52.4 Å². The number of piperidine rings is 1. The molecule has 0 aromatic carbocycles. The molecule has 4 N–H and O–H groups in total. The molecule has 0 aliphatic carbocycles. The normalized spacial score (nSPS) is 26.6. The highest BCUT2D eigenvalue weighted by atomic mass is 15.2.